The summed E-state index contributed by atoms with van der Waals surface area (Å²) in [6, 6.07) is 7.59. The fourth-order valence-corrected chi connectivity index (χ4v) is 2.33. The first-order chi connectivity index (χ1) is 10.1. The highest BCUT2D eigenvalue weighted by atomic mass is 35.5. The summed E-state index contributed by atoms with van der Waals surface area (Å²) in [6.07, 6.45) is 1.52. The Kier molecular flexibility index (Phi) is 3.31. The Hall–Kier alpha value is -2.47. The molecule has 0 aliphatic rings. The summed E-state index contributed by atoms with van der Waals surface area (Å²) in [7, 11) is 0. The quantitative estimate of drug-likeness (QED) is 0.808. The number of carboxylic acids is 1. The smallest absolute Gasteiger partial charge is 0.357 e. The van der Waals surface area contributed by atoms with Gasteiger partial charge in [0.15, 0.2) is 11.3 Å². The Balaban J connectivity index is 2.15. The zero-order valence-corrected chi connectivity index (χ0v) is 11.4. The second-order valence-corrected chi connectivity index (χ2v) is 4.79. The van der Waals surface area contributed by atoms with Crippen LogP contribution in [0.25, 0.3) is 11.0 Å². The maximum atomic E-state index is 13.8. The van der Waals surface area contributed by atoms with Crippen LogP contribution >= 0.6 is 11.6 Å². The molecule has 0 bridgehead atoms. The number of fused-ring (bicyclic) bond motifs is 1. The van der Waals surface area contributed by atoms with Crippen LogP contribution in [-0.2, 0) is 6.54 Å². The van der Waals surface area contributed by atoms with E-state index < -0.39 is 11.8 Å². The lowest BCUT2D eigenvalue weighted by molar-refractivity contribution is 0.0691. The van der Waals surface area contributed by atoms with Crippen molar-refractivity contribution >= 4 is 28.6 Å². The molecule has 106 valence electrons. The molecule has 1 N–H and O–H groups in total. The van der Waals surface area contributed by atoms with E-state index in [0.717, 1.165) is 0 Å². The van der Waals surface area contributed by atoms with Crippen LogP contribution in [0.5, 0.6) is 0 Å². The van der Waals surface area contributed by atoms with Crippen molar-refractivity contribution in [3.63, 3.8) is 0 Å². The molecule has 0 saturated carbocycles. The third-order valence-electron chi connectivity index (χ3n) is 3.08. The largest absolute Gasteiger partial charge is 0.476 e. The monoisotopic (exact) mass is 305 g/mol. The standard InChI is InChI=1S/C14H9ClFN3O2/c15-10-4-1-5-11(16)9(10)7-19-13-8(3-2-6-17-13)12(18-19)14(20)21/h1-6H,7H2,(H,20,21). The molecule has 0 amide bonds. The Morgan fingerprint density at radius 3 is 2.86 bits per heavy atom. The number of benzene rings is 1. The molecule has 0 spiro atoms. The summed E-state index contributed by atoms with van der Waals surface area (Å²) in [5, 5.41) is 13.8. The molecule has 0 fully saturated rings. The van der Waals surface area contributed by atoms with Gasteiger partial charge in [0, 0.05) is 16.8 Å². The highest BCUT2D eigenvalue weighted by Gasteiger charge is 2.18. The van der Waals surface area contributed by atoms with Gasteiger partial charge in [0.2, 0.25) is 0 Å². The molecular formula is C14H9ClFN3O2. The molecule has 1 aromatic carbocycles. The lowest BCUT2D eigenvalue weighted by Crippen LogP contribution is -2.07. The number of carbonyl (C=O) groups is 1. The number of aromatic carboxylic acids is 1. The zero-order valence-electron chi connectivity index (χ0n) is 10.6. The summed E-state index contributed by atoms with van der Waals surface area (Å²) in [5.41, 5.74) is 0.492. The predicted octanol–water partition coefficient (Wildman–Crippen LogP) is 2.97. The minimum Gasteiger partial charge on any atom is -0.476 e. The fraction of sp³-hybridized carbons (Fsp3) is 0.0714. The van der Waals surface area contributed by atoms with E-state index in [4.69, 9.17) is 16.7 Å². The minimum absolute atomic E-state index is 0.00625. The normalized spacial score (nSPS) is 11.0. The van der Waals surface area contributed by atoms with Gasteiger partial charge in [-0.2, -0.15) is 5.10 Å². The Labute approximate surface area is 123 Å². The number of rotatable bonds is 3. The SMILES string of the molecule is O=C(O)c1nn(Cc2c(F)cccc2Cl)c2ncccc12. The lowest BCUT2D eigenvalue weighted by Gasteiger charge is -2.06. The Morgan fingerprint density at radius 2 is 2.14 bits per heavy atom. The second-order valence-electron chi connectivity index (χ2n) is 4.39. The molecule has 5 nitrogen and oxygen atoms in total. The number of hydrogen-bond donors (Lipinski definition) is 1. The van der Waals surface area contributed by atoms with Gasteiger partial charge in [0.25, 0.3) is 0 Å². The molecule has 0 aliphatic heterocycles. The van der Waals surface area contributed by atoms with Crippen LogP contribution in [0.2, 0.25) is 5.02 Å². The number of nitrogens with zero attached hydrogens (tertiary/aromatic N) is 3. The molecule has 7 heteroatoms. The van der Waals surface area contributed by atoms with Crippen molar-refractivity contribution in [1.82, 2.24) is 14.8 Å². The lowest BCUT2D eigenvalue weighted by atomic mass is 10.2. The molecule has 2 heterocycles. The molecule has 0 saturated heterocycles. The van der Waals surface area contributed by atoms with Crippen molar-refractivity contribution in [2.75, 3.05) is 0 Å². The minimum atomic E-state index is -1.16. The van der Waals surface area contributed by atoms with Crippen molar-refractivity contribution in [2.45, 2.75) is 6.54 Å². The van der Waals surface area contributed by atoms with Gasteiger partial charge in [-0.3, -0.25) is 0 Å². The van der Waals surface area contributed by atoms with Crippen LogP contribution in [0.4, 0.5) is 4.39 Å². The maximum Gasteiger partial charge on any atom is 0.357 e. The van der Waals surface area contributed by atoms with Gasteiger partial charge >= 0.3 is 5.97 Å². The summed E-state index contributed by atoms with van der Waals surface area (Å²) in [4.78, 5) is 15.3. The topological polar surface area (TPSA) is 68.0 Å². The van der Waals surface area contributed by atoms with Crippen LogP contribution < -0.4 is 0 Å². The van der Waals surface area contributed by atoms with E-state index in [0.29, 0.717) is 11.0 Å². The van der Waals surface area contributed by atoms with Gasteiger partial charge in [-0.15, -0.1) is 0 Å². The summed E-state index contributed by atoms with van der Waals surface area (Å²) in [5.74, 6) is -1.63. The van der Waals surface area contributed by atoms with Crippen LogP contribution in [0.15, 0.2) is 36.5 Å². The molecule has 3 aromatic rings. The van der Waals surface area contributed by atoms with Crippen molar-refractivity contribution in [2.24, 2.45) is 0 Å². The Bertz CT molecular complexity index is 827. The van der Waals surface area contributed by atoms with E-state index in [1.165, 1.54) is 23.0 Å². The first-order valence-corrected chi connectivity index (χ1v) is 6.43. The van der Waals surface area contributed by atoms with E-state index >= 15 is 0 Å². The van der Waals surface area contributed by atoms with Gasteiger partial charge in [0.1, 0.15) is 5.82 Å². The van der Waals surface area contributed by atoms with Gasteiger partial charge in [-0.05, 0) is 24.3 Å². The van der Waals surface area contributed by atoms with Crippen molar-refractivity contribution in [1.29, 1.82) is 0 Å². The van der Waals surface area contributed by atoms with E-state index in [1.54, 1.807) is 18.2 Å². The number of aromatic nitrogens is 3. The van der Waals surface area contributed by atoms with E-state index in [-0.39, 0.29) is 22.8 Å². The van der Waals surface area contributed by atoms with Crippen LogP contribution in [0.1, 0.15) is 16.1 Å². The molecule has 21 heavy (non-hydrogen) atoms. The first-order valence-electron chi connectivity index (χ1n) is 6.05. The summed E-state index contributed by atoms with van der Waals surface area (Å²) < 4.78 is 15.2. The summed E-state index contributed by atoms with van der Waals surface area (Å²) in [6.45, 7) is 0.00625. The molecule has 0 unspecified atom stereocenters. The average molecular weight is 306 g/mol. The van der Waals surface area contributed by atoms with Crippen LogP contribution in [0.3, 0.4) is 0 Å². The maximum absolute atomic E-state index is 13.8. The van der Waals surface area contributed by atoms with Crippen molar-refractivity contribution in [3.8, 4) is 0 Å². The van der Waals surface area contributed by atoms with Gasteiger partial charge in [0.05, 0.1) is 11.9 Å². The zero-order chi connectivity index (χ0) is 15.0. The molecule has 0 atom stereocenters. The highest BCUT2D eigenvalue weighted by Crippen LogP contribution is 2.23. The summed E-state index contributed by atoms with van der Waals surface area (Å²) >= 11 is 5.98. The number of halogens is 2. The molecule has 0 aliphatic carbocycles. The Morgan fingerprint density at radius 1 is 1.33 bits per heavy atom. The van der Waals surface area contributed by atoms with Gasteiger partial charge in [-0.25, -0.2) is 18.9 Å². The second kappa shape index (κ2) is 5.14. The third-order valence-corrected chi connectivity index (χ3v) is 3.43. The average Bonchev–Trinajstić information content (AvgIpc) is 2.82. The third kappa shape index (κ3) is 2.34. The van der Waals surface area contributed by atoms with E-state index in [1.807, 2.05) is 0 Å². The van der Waals surface area contributed by atoms with Gasteiger partial charge < -0.3 is 5.11 Å². The number of hydrogen-bond acceptors (Lipinski definition) is 3. The molecule has 3 rings (SSSR count). The molecular weight excluding hydrogens is 297 g/mol. The number of carboxylic acid groups (broad SMARTS) is 1. The van der Waals surface area contributed by atoms with E-state index in [2.05, 4.69) is 10.1 Å². The molecule has 0 radical (unpaired) electrons. The fourth-order valence-electron chi connectivity index (χ4n) is 2.11. The highest BCUT2D eigenvalue weighted by molar-refractivity contribution is 6.31. The first kappa shape index (κ1) is 13.5. The van der Waals surface area contributed by atoms with E-state index in [9.17, 15) is 9.18 Å². The van der Waals surface area contributed by atoms with Crippen LogP contribution in [0, 0.1) is 5.82 Å². The predicted molar refractivity (Wildman–Crippen MR) is 75.0 cm³/mol. The van der Waals surface area contributed by atoms with Crippen LogP contribution in [-0.4, -0.2) is 25.8 Å². The van der Waals surface area contributed by atoms with Crippen molar-refractivity contribution in [3.05, 3.63) is 58.6 Å². The van der Waals surface area contributed by atoms with Crippen molar-refractivity contribution < 1.29 is 14.3 Å². The molecule has 2 aromatic heterocycles. The number of pyridine rings is 1. The van der Waals surface area contributed by atoms with Gasteiger partial charge in [-0.1, -0.05) is 17.7 Å².